The van der Waals surface area contributed by atoms with Crippen molar-refractivity contribution in [3.63, 3.8) is 0 Å². The minimum Gasteiger partial charge on any atom is -0.382 e. The maximum atomic E-state index is 10.7. The van der Waals surface area contributed by atoms with Gasteiger partial charge in [-0.1, -0.05) is 11.6 Å². The summed E-state index contributed by atoms with van der Waals surface area (Å²) in [6.07, 6.45) is 2.21. The van der Waals surface area contributed by atoms with Crippen LogP contribution in [0.15, 0.2) is 12.1 Å². The first-order valence-electron chi connectivity index (χ1n) is 5.75. The highest BCUT2D eigenvalue weighted by atomic mass is 35.5. The van der Waals surface area contributed by atoms with E-state index in [2.05, 4.69) is 5.32 Å². The molecule has 0 bridgehead atoms. The molecule has 1 aromatic rings. The lowest BCUT2D eigenvalue weighted by Crippen LogP contribution is -2.40. The summed E-state index contributed by atoms with van der Waals surface area (Å²) in [5.41, 5.74) is 1.63. The smallest absolute Gasteiger partial charge is 0.288 e. The Labute approximate surface area is 110 Å². The maximum absolute atomic E-state index is 10.7. The minimum absolute atomic E-state index is 0.0527. The monoisotopic (exact) mass is 270 g/mol. The molecule has 0 aliphatic heterocycles. The van der Waals surface area contributed by atoms with Gasteiger partial charge in [0.2, 0.25) is 0 Å². The SMILES string of the molecule is COC1CC(Nc2cc(Cl)c([N+](=O)[O-])cc2C)C1. The van der Waals surface area contributed by atoms with E-state index in [1.54, 1.807) is 13.2 Å². The zero-order chi connectivity index (χ0) is 13.3. The standard InChI is InChI=1S/C12H15ClN2O3/c1-7-3-12(15(16)17)10(13)6-11(7)14-8-4-9(5-8)18-2/h3,6,8-9,14H,4-5H2,1-2H3. The number of aryl methyl sites for hydroxylation is 1. The molecule has 0 aromatic heterocycles. The summed E-state index contributed by atoms with van der Waals surface area (Å²) >= 11 is 5.89. The fourth-order valence-corrected chi connectivity index (χ4v) is 2.29. The van der Waals surface area contributed by atoms with Crippen LogP contribution in [0.2, 0.25) is 5.02 Å². The average molecular weight is 271 g/mol. The molecule has 1 aliphatic rings. The molecular weight excluding hydrogens is 256 g/mol. The zero-order valence-electron chi connectivity index (χ0n) is 10.3. The molecule has 1 fully saturated rings. The fraction of sp³-hybridized carbons (Fsp3) is 0.500. The number of benzene rings is 1. The summed E-state index contributed by atoms with van der Waals surface area (Å²) in [4.78, 5) is 10.3. The number of anilines is 1. The lowest BCUT2D eigenvalue weighted by molar-refractivity contribution is -0.384. The van der Waals surface area contributed by atoms with Gasteiger partial charge in [-0.3, -0.25) is 10.1 Å². The third-order valence-corrected chi connectivity index (χ3v) is 3.58. The molecule has 0 heterocycles. The van der Waals surface area contributed by atoms with Crippen LogP contribution in [0.25, 0.3) is 0 Å². The van der Waals surface area contributed by atoms with Gasteiger partial charge in [0.25, 0.3) is 5.69 Å². The van der Waals surface area contributed by atoms with Gasteiger partial charge in [0.15, 0.2) is 0 Å². The summed E-state index contributed by atoms with van der Waals surface area (Å²) in [5.74, 6) is 0. The van der Waals surface area contributed by atoms with Gasteiger partial charge in [-0.15, -0.1) is 0 Å². The molecule has 1 aliphatic carbocycles. The van der Waals surface area contributed by atoms with Crippen molar-refractivity contribution in [2.45, 2.75) is 31.9 Å². The molecule has 0 amide bonds. The molecule has 98 valence electrons. The Morgan fingerprint density at radius 3 is 2.72 bits per heavy atom. The second kappa shape index (κ2) is 5.12. The summed E-state index contributed by atoms with van der Waals surface area (Å²) < 4.78 is 5.20. The molecule has 1 N–H and O–H groups in total. The number of nitrogens with one attached hydrogen (secondary N) is 1. The number of ether oxygens (including phenoxy) is 1. The summed E-state index contributed by atoms with van der Waals surface area (Å²) in [6, 6.07) is 3.47. The van der Waals surface area contributed by atoms with Gasteiger partial charge in [-0.05, 0) is 31.4 Å². The van der Waals surface area contributed by atoms with Crippen molar-refractivity contribution >= 4 is 23.0 Å². The van der Waals surface area contributed by atoms with Crippen LogP contribution >= 0.6 is 11.6 Å². The van der Waals surface area contributed by atoms with E-state index in [0.717, 1.165) is 24.1 Å². The molecule has 1 aromatic carbocycles. The van der Waals surface area contributed by atoms with Crippen molar-refractivity contribution in [3.05, 3.63) is 32.8 Å². The second-order valence-electron chi connectivity index (χ2n) is 4.55. The van der Waals surface area contributed by atoms with Crippen LogP contribution < -0.4 is 5.32 Å². The van der Waals surface area contributed by atoms with Gasteiger partial charge in [0.05, 0.1) is 11.0 Å². The zero-order valence-corrected chi connectivity index (χ0v) is 11.0. The summed E-state index contributed by atoms with van der Waals surface area (Å²) in [5, 5.41) is 14.2. The van der Waals surface area contributed by atoms with Gasteiger partial charge in [0, 0.05) is 24.9 Å². The van der Waals surface area contributed by atoms with E-state index in [1.165, 1.54) is 6.07 Å². The fourth-order valence-electron chi connectivity index (χ4n) is 2.06. The Hall–Kier alpha value is -1.33. The van der Waals surface area contributed by atoms with Gasteiger partial charge >= 0.3 is 0 Å². The third kappa shape index (κ3) is 2.57. The molecule has 0 saturated heterocycles. The van der Waals surface area contributed by atoms with Crippen LogP contribution in [0.1, 0.15) is 18.4 Å². The molecule has 0 atom stereocenters. The van der Waals surface area contributed by atoms with E-state index < -0.39 is 4.92 Å². The first-order chi connectivity index (χ1) is 8.51. The molecule has 1 saturated carbocycles. The van der Waals surface area contributed by atoms with Gasteiger partial charge in [0.1, 0.15) is 5.02 Å². The van der Waals surface area contributed by atoms with Crippen LogP contribution in [0, 0.1) is 17.0 Å². The number of hydrogen-bond acceptors (Lipinski definition) is 4. The number of rotatable bonds is 4. The molecule has 0 unspecified atom stereocenters. The van der Waals surface area contributed by atoms with Crippen LogP contribution in [0.5, 0.6) is 0 Å². The van der Waals surface area contributed by atoms with Crippen LogP contribution in [0.3, 0.4) is 0 Å². The number of halogens is 1. The highest BCUT2D eigenvalue weighted by Crippen LogP contribution is 2.33. The Bertz CT molecular complexity index is 473. The molecule has 18 heavy (non-hydrogen) atoms. The van der Waals surface area contributed by atoms with Crippen molar-refractivity contribution in [3.8, 4) is 0 Å². The minimum atomic E-state index is -0.469. The molecule has 5 nitrogen and oxygen atoms in total. The molecule has 0 radical (unpaired) electrons. The van der Waals surface area contributed by atoms with Crippen molar-refractivity contribution in [2.24, 2.45) is 0 Å². The van der Waals surface area contributed by atoms with E-state index in [4.69, 9.17) is 16.3 Å². The van der Waals surface area contributed by atoms with E-state index in [0.29, 0.717) is 12.1 Å². The lowest BCUT2D eigenvalue weighted by atomic mass is 9.89. The van der Waals surface area contributed by atoms with Gasteiger partial charge in [-0.2, -0.15) is 0 Å². The largest absolute Gasteiger partial charge is 0.382 e. The van der Waals surface area contributed by atoms with Crippen molar-refractivity contribution in [1.82, 2.24) is 0 Å². The number of methoxy groups -OCH3 is 1. The maximum Gasteiger partial charge on any atom is 0.288 e. The Morgan fingerprint density at radius 1 is 1.50 bits per heavy atom. The average Bonchev–Trinajstić information content (AvgIpc) is 2.26. The molecule has 0 spiro atoms. The predicted octanol–water partition coefficient (Wildman–Crippen LogP) is 3.15. The van der Waals surface area contributed by atoms with Crippen LogP contribution in [-0.4, -0.2) is 24.2 Å². The summed E-state index contributed by atoms with van der Waals surface area (Å²) in [7, 11) is 1.70. The Morgan fingerprint density at radius 2 is 2.17 bits per heavy atom. The van der Waals surface area contributed by atoms with E-state index >= 15 is 0 Å². The summed E-state index contributed by atoms with van der Waals surface area (Å²) in [6.45, 7) is 1.83. The predicted molar refractivity (Wildman–Crippen MR) is 70.3 cm³/mol. The van der Waals surface area contributed by atoms with Crippen LogP contribution in [-0.2, 0) is 4.74 Å². The molecule has 2 rings (SSSR count). The van der Waals surface area contributed by atoms with Crippen molar-refractivity contribution < 1.29 is 9.66 Å². The van der Waals surface area contributed by atoms with E-state index in [-0.39, 0.29) is 10.7 Å². The lowest BCUT2D eigenvalue weighted by Gasteiger charge is -2.35. The topological polar surface area (TPSA) is 64.4 Å². The normalized spacial score (nSPS) is 22.4. The number of nitro benzene ring substituents is 1. The number of nitro groups is 1. The van der Waals surface area contributed by atoms with Crippen molar-refractivity contribution in [2.75, 3.05) is 12.4 Å². The van der Waals surface area contributed by atoms with E-state index in [1.807, 2.05) is 6.92 Å². The van der Waals surface area contributed by atoms with Crippen molar-refractivity contribution in [1.29, 1.82) is 0 Å². The first-order valence-corrected chi connectivity index (χ1v) is 6.13. The Balaban J connectivity index is 2.10. The first kappa shape index (κ1) is 13.1. The number of nitrogens with zero attached hydrogens (tertiary/aromatic N) is 1. The number of hydrogen-bond donors (Lipinski definition) is 1. The highest BCUT2D eigenvalue weighted by Gasteiger charge is 2.29. The Kier molecular flexibility index (Phi) is 3.73. The quantitative estimate of drug-likeness (QED) is 0.674. The third-order valence-electron chi connectivity index (χ3n) is 3.28. The molecular formula is C12H15ClN2O3. The second-order valence-corrected chi connectivity index (χ2v) is 4.95. The van der Waals surface area contributed by atoms with Gasteiger partial charge < -0.3 is 10.1 Å². The molecule has 6 heteroatoms. The van der Waals surface area contributed by atoms with Crippen LogP contribution in [0.4, 0.5) is 11.4 Å². The van der Waals surface area contributed by atoms with E-state index in [9.17, 15) is 10.1 Å². The highest BCUT2D eigenvalue weighted by molar-refractivity contribution is 6.33. The van der Waals surface area contributed by atoms with Gasteiger partial charge in [-0.25, -0.2) is 0 Å².